The molecule has 1 unspecified atom stereocenters. The van der Waals surface area contributed by atoms with Crippen LogP contribution in [0.3, 0.4) is 0 Å². The summed E-state index contributed by atoms with van der Waals surface area (Å²) >= 11 is 0. The normalized spacial score (nSPS) is 12.3. The third-order valence-electron chi connectivity index (χ3n) is 3.38. The SMILES string of the molecule is COc1cc(C(C)C)ccc1NCC(C#N)C(C)C. The molecular weight excluding hydrogens is 236 g/mol. The van der Waals surface area contributed by atoms with Gasteiger partial charge >= 0.3 is 0 Å². The fraction of sp³-hybridized carbons (Fsp3) is 0.562. The van der Waals surface area contributed by atoms with Crippen molar-refractivity contribution in [3.63, 3.8) is 0 Å². The third kappa shape index (κ3) is 4.17. The van der Waals surface area contributed by atoms with Crippen molar-refractivity contribution in [2.75, 3.05) is 19.0 Å². The van der Waals surface area contributed by atoms with Gasteiger partial charge in [0, 0.05) is 6.54 Å². The summed E-state index contributed by atoms with van der Waals surface area (Å²) in [6.07, 6.45) is 0. The Morgan fingerprint density at radius 2 is 1.95 bits per heavy atom. The van der Waals surface area contributed by atoms with Crippen LogP contribution in [0.4, 0.5) is 5.69 Å². The monoisotopic (exact) mass is 260 g/mol. The van der Waals surface area contributed by atoms with Gasteiger partial charge in [0.05, 0.1) is 24.8 Å². The molecule has 0 bridgehead atoms. The van der Waals surface area contributed by atoms with Crippen LogP contribution in [0.1, 0.15) is 39.2 Å². The van der Waals surface area contributed by atoms with Gasteiger partial charge in [-0.3, -0.25) is 0 Å². The van der Waals surface area contributed by atoms with Crippen LogP contribution >= 0.6 is 0 Å². The number of nitrogens with zero attached hydrogens (tertiary/aromatic N) is 1. The lowest BCUT2D eigenvalue weighted by molar-refractivity contribution is 0.415. The second kappa shape index (κ2) is 7.04. The Bertz CT molecular complexity index is 447. The predicted octanol–water partition coefficient (Wildman–Crippen LogP) is 4.03. The summed E-state index contributed by atoms with van der Waals surface area (Å²) < 4.78 is 5.42. The lowest BCUT2D eigenvalue weighted by Crippen LogP contribution is -2.18. The van der Waals surface area contributed by atoms with Crippen LogP contribution in [0.5, 0.6) is 5.75 Å². The predicted molar refractivity (Wildman–Crippen MR) is 79.5 cm³/mol. The molecule has 0 aliphatic rings. The van der Waals surface area contributed by atoms with E-state index in [4.69, 9.17) is 10.00 Å². The van der Waals surface area contributed by atoms with E-state index < -0.39 is 0 Å². The van der Waals surface area contributed by atoms with Gasteiger partial charge in [0.1, 0.15) is 5.75 Å². The molecule has 0 fully saturated rings. The highest BCUT2D eigenvalue weighted by atomic mass is 16.5. The molecule has 0 radical (unpaired) electrons. The molecular formula is C16H24N2O. The van der Waals surface area contributed by atoms with Gasteiger partial charge in [-0.15, -0.1) is 0 Å². The van der Waals surface area contributed by atoms with Gasteiger partial charge in [0.2, 0.25) is 0 Å². The van der Waals surface area contributed by atoms with E-state index in [0.717, 1.165) is 11.4 Å². The zero-order valence-electron chi connectivity index (χ0n) is 12.5. The molecule has 1 N–H and O–H groups in total. The average molecular weight is 260 g/mol. The summed E-state index contributed by atoms with van der Waals surface area (Å²) in [6, 6.07) is 8.53. The third-order valence-corrected chi connectivity index (χ3v) is 3.38. The quantitative estimate of drug-likeness (QED) is 0.840. The maximum Gasteiger partial charge on any atom is 0.142 e. The summed E-state index contributed by atoms with van der Waals surface area (Å²) in [7, 11) is 1.68. The number of anilines is 1. The molecule has 0 amide bonds. The Kier molecular flexibility index (Phi) is 5.69. The van der Waals surface area contributed by atoms with Crippen LogP contribution in [0, 0.1) is 23.2 Å². The first-order chi connectivity index (χ1) is 8.99. The van der Waals surface area contributed by atoms with Gasteiger partial charge in [0.25, 0.3) is 0 Å². The Labute approximate surface area is 116 Å². The van der Waals surface area contributed by atoms with Crippen molar-refractivity contribution >= 4 is 5.69 Å². The van der Waals surface area contributed by atoms with Crippen LogP contribution < -0.4 is 10.1 Å². The number of rotatable bonds is 6. The highest BCUT2D eigenvalue weighted by Crippen LogP contribution is 2.29. The smallest absolute Gasteiger partial charge is 0.142 e. The number of methoxy groups -OCH3 is 1. The van der Waals surface area contributed by atoms with E-state index in [2.05, 4.69) is 51.2 Å². The lowest BCUT2D eigenvalue weighted by Gasteiger charge is -2.17. The number of nitriles is 1. The van der Waals surface area contributed by atoms with Crippen LogP contribution in [0.25, 0.3) is 0 Å². The molecule has 1 aromatic carbocycles. The highest BCUT2D eigenvalue weighted by Gasteiger charge is 2.13. The van der Waals surface area contributed by atoms with Gasteiger partial charge in [-0.2, -0.15) is 5.26 Å². The summed E-state index contributed by atoms with van der Waals surface area (Å²) in [5.74, 6) is 1.67. The first-order valence-corrected chi connectivity index (χ1v) is 6.81. The average Bonchev–Trinajstić information content (AvgIpc) is 2.38. The molecule has 104 valence electrons. The van der Waals surface area contributed by atoms with Crippen LogP contribution in [-0.2, 0) is 0 Å². The summed E-state index contributed by atoms with van der Waals surface area (Å²) in [5.41, 5.74) is 2.20. The van der Waals surface area contributed by atoms with Crippen molar-refractivity contribution in [2.24, 2.45) is 11.8 Å². The van der Waals surface area contributed by atoms with Gasteiger partial charge in [0.15, 0.2) is 0 Å². The molecule has 3 nitrogen and oxygen atoms in total. The molecule has 0 saturated heterocycles. The molecule has 0 saturated carbocycles. The standard InChI is InChI=1S/C16H24N2O/c1-11(2)13-6-7-15(16(8-13)19-5)18-10-14(9-17)12(3)4/h6-8,11-12,14,18H,10H2,1-5H3. The Morgan fingerprint density at radius 3 is 2.42 bits per heavy atom. The zero-order valence-corrected chi connectivity index (χ0v) is 12.5. The minimum absolute atomic E-state index is 0.00878. The minimum atomic E-state index is 0.00878. The lowest BCUT2D eigenvalue weighted by atomic mass is 9.97. The van der Waals surface area contributed by atoms with Crippen molar-refractivity contribution < 1.29 is 4.74 Å². The number of benzene rings is 1. The molecule has 0 heterocycles. The van der Waals surface area contributed by atoms with Crippen molar-refractivity contribution in [3.8, 4) is 11.8 Å². The van der Waals surface area contributed by atoms with E-state index in [0.29, 0.717) is 18.4 Å². The van der Waals surface area contributed by atoms with E-state index in [1.54, 1.807) is 7.11 Å². The first kappa shape index (κ1) is 15.4. The molecule has 0 aliphatic carbocycles. The van der Waals surface area contributed by atoms with E-state index >= 15 is 0 Å². The number of ether oxygens (including phenoxy) is 1. The largest absolute Gasteiger partial charge is 0.495 e. The molecule has 3 heteroatoms. The highest BCUT2D eigenvalue weighted by molar-refractivity contribution is 5.58. The molecule has 1 aromatic rings. The van der Waals surface area contributed by atoms with Crippen LogP contribution in [0.2, 0.25) is 0 Å². The van der Waals surface area contributed by atoms with E-state index in [-0.39, 0.29) is 5.92 Å². The van der Waals surface area contributed by atoms with Gasteiger partial charge in [-0.1, -0.05) is 33.8 Å². The van der Waals surface area contributed by atoms with Crippen molar-refractivity contribution in [2.45, 2.75) is 33.6 Å². The topological polar surface area (TPSA) is 45.0 Å². The maximum absolute atomic E-state index is 9.10. The maximum atomic E-state index is 9.10. The van der Waals surface area contributed by atoms with E-state index in [9.17, 15) is 0 Å². The minimum Gasteiger partial charge on any atom is -0.495 e. The molecule has 1 atom stereocenters. The first-order valence-electron chi connectivity index (χ1n) is 6.81. The summed E-state index contributed by atoms with van der Waals surface area (Å²) in [4.78, 5) is 0. The van der Waals surface area contributed by atoms with Crippen LogP contribution in [0.15, 0.2) is 18.2 Å². The van der Waals surface area contributed by atoms with Gasteiger partial charge in [-0.05, 0) is 29.5 Å². The molecule has 0 spiro atoms. The second-order valence-electron chi connectivity index (χ2n) is 5.47. The summed E-state index contributed by atoms with van der Waals surface area (Å²) in [5, 5.41) is 12.4. The Hall–Kier alpha value is -1.69. The molecule has 0 aliphatic heterocycles. The van der Waals surface area contributed by atoms with E-state index in [1.165, 1.54) is 5.56 Å². The number of nitrogens with one attached hydrogen (secondary N) is 1. The Balaban J connectivity index is 2.81. The van der Waals surface area contributed by atoms with E-state index in [1.807, 2.05) is 6.07 Å². The Morgan fingerprint density at radius 1 is 1.26 bits per heavy atom. The van der Waals surface area contributed by atoms with Crippen molar-refractivity contribution in [3.05, 3.63) is 23.8 Å². The van der Waals surface area contributed by atoms with Crippen LogP contribution in [-0.4, -0.2) is 13.7 Å². The van der Waals surface area contributed by atoms with Crippen molar-refractivity contribution in [1.82, 2.24) is 0 Å². The number of hydrogen-bond donors (Lipinski definition) is 1. The molecule has 19 heavy (non-hydrogen) atoms. The zero-order chi connectivity index (χ0) is 14.4. The fourth-order valence-corrected chi connectivity index (χ4v) is 1.86. The van der Waals surface area contributed by atoms with Gasteiger partial charge in [-0.25, -0.2) is 0 Å². The number of hydrogen-bond acceptors (Lipinski definition) is 3. The molecule has 0 aromatic heterocycles. The molecule has 1 rings (SSSR count). The second-order valence-corrected chi connectivity index (χ2v) is 5.47. The fourth-order valence-electron chi connectivity index (χ4n) is 1.86. The van der Waals surface area contributed by atoms with Crippen molar-refractivity contribution in [1.29, 1.82) is 5.26 Å². The summed E-state index contributed by atoms with van der Waals surface area (Å²) in [6.45, 7) is 9.09. The van der Waals surface area contributed by atoms with Gasteiger partial charge < -0.3 is 10.1 Å².